The molecule has 0 unspecified atom stereocenters. The van der Waals surface area contributed by atoms with E-state index < -0.39 is 5.91 Å². The number of nitrogens with two attached hydrogens (primary N) is 1. The first-order chi connectivity index (χ1) is 18.1. The predicted molar refractivity (Wildman–Crippen MR) is 140 cm³/mol. The molecule has 3 heterocycles. The minimum atomic E-state index is -0.602. The Kier molecular flexibility index (Phi) is 7.10. The van der Waals surface area contributed by atoms with Gasteiger partial charge in [-0.3, -0.25) is 9.69 Å². The summed E-state index contributed by atoms with van der Waals surface area (Å²) in [4.78, 5) is 22.3. The van der Waals surface area contributed by atoms with Gasteiger partial charge < -0.3 is 11.1 Å². The maximum Gasteiger partial charge on any atom is 0.269 e. The summed E-state index contributed by atoms with van der Waals surface area (Å²) < 4.78 is 0. The highest BCUT2D eigenvalue weighted by Gasteiger charge is 2.20. The van der Waals surface area contributed by atoms with E-state index in [-0.39, 0.29) is 11.5 Å². The smallest absolute Gasteiger partial charge is 0.269 e. The number of piperidine rings is 1. The van der Waals surface area contributed by atoms with Gasteiger partial charge in [0, 0.05) is 43.0 Å². The van der Waals surface area contributed by atoms with Crippen LogP contribution in [0, 0.1) is 11.3 Å². The number of carbonyl (C=O) groups excluding carboxylic acids is 1. The van der Waals surface area contributed by atoms with Crippen LogP contribution in [-0.2, 0) is 6.54 Å². The fourth-order valence-electron chi connectivity index (χ4n) is 4.53. The Hall–Kier alpha value is -4.68. The molecule has 184 valence electrons. The normalized spacial score (nSPS) is 14.1. The van der Waals surface area contributed by atoms with Crippen molar-refractivity contribution >= 4 is 11.7 Å². The van der Waals surface area contributed by atoms with Gasteiger partial charge in [-0.2, -0.15) is 5.26 Å². The lowest BCUT2D eigenvalue weighted by atomic mass is 9.98. The molecule has 0 saturated carbocycles. The summed E-state index contributed by atoms with van der Waals surface area (Å²) >= 11 is 0. The topological polar surface area (TPSA) is 134 Å². The van der Waals surface area contributed by atoms with Crippen molar-refractivity contribution < 1.29 is 4.79 Å². The van der Waals surface area contributed by atoms with Crippen molar-refractivity contribution in [2.24, 2.45) is 5.73 Å². The van der Waals surface area contributed by atoms with Crippen LogP contribution >= 0.6 is 0 Å². The Bertz CT molecular complexity index is 1430. The zero-order chi connectivity index (χ0) is 25.6. The molecule has 0 spiro atoms. The summed E-state index contributed by atoms with van der Waals surface area (Å²) in [6.45, 7) is 2.79. The maximum atomic E-state index is 11.7. The summed E-state index contributed by atoms with van der Waals surface area (Å²) in [6.07, 6.45) is 3.59. The van der Waals surface area contributed by atoms with Gasteiger partial charge in [-0.25, -0.2) is 9.97 Å². The van der Waals surface area contributed by atoms with Crippen LogP contribution in [0.4, 0.5) is 5.82 Å². The lowest BCUT2D eigenvalue weighted by Crippen LogP contribution is -2.38. The van der Waals surface area contributed by atoms with Crippen molar-refractivity contribution in [2.45, 2.75) is 25.4 Å². The number of nitriles is 1. The highest BCUT2D eigenvalue weighted by molar-refractivity contribution is 5.93. The fraction of sp³-hybridized carbons (Fsp3) is 0.214. The number of nitrogens with one attached hydrogen (secondary N) is 1. The molecule has 1 fully saturated rings. The molecule has 37 heavy (non-hydrogen) atoms. The van der Waals surface area contributed by atoms with Crippen LogP contribution in [0.5, 0.6) is 0 Å². The minimum Gasteiger partial charge on any atom is -0.367 e. The van der Waals surface area contributed by atoms with Gasteiger partial charge in [0.2, 0.25) is 5.82 Å². The molecule has 9 heteroatoms. The molecule has 2 aromatic heterocycles. The van der Waals surface area contributed by atoms with Gasteiger partial charge in [0.05, 0.1) is 0 Å². The van der Waals surface area contributed by atoms with E-state index in [1.807, 2.05) is 48.5 Å². The monoisotopic (exact) mass is 490 g/mol. The third-order valence-corrected chi connectivity index (χ3v) is 6.46. The van der Waals surface area contributed by atoms with Crippen molar-refractivity contribution in [1.29, 1.82) is 5.26 Å². The molecule has 1 saturated heterocycles. The summed E-state index contributed by atoms with van der Waals surface area (Å²) in [5.41, 5.74) is 10.2. The van der Waals surface area contributed by atoms with E-state index in [1.54, 1.807) is 18.3 Å². The number of rotatable bonds is 7. The molecule has 9 nitrogen and oxygen atoms in total. The van der Waals surface area contributed by atoms with Crippen molar-refractivity contribution in [2.75, 3.05) is 18.4 Å². The predicted octanol–water partition coefficient (Wildman–Crippen LogP) is 3.65. The fourth-order valence-corrected chi connectivity index (χ4v) is 4.53. The highest BCUT2D eigenvalue weighted by atomic mass is 16.1. The van der Waals surface area contributed by atoms with E-state index in [0.29, 0.717) is 17.6 Å². The largest absolute Gasteiger partial charge is 0.367 e. The molecular formula is C28H26N8O. The van der Waals surface area contributed by atoms with Crippen LogP contribution in [-0.4, -0.2) is 50.1 Å². The molecule has 1 amide bonds. The molecule has 0 bridgehead atoms. The first-order valence-corrected chi connectivity index (χ1v) is 12.1. The summed E-state index contributed by atoms with van der Waals surface area (Å²) in [6, 6.07) is 23.9. The van der Waals surface area contributed by atoms with Crippen LogP contribution in [0.25, 0.3) is 22.4 Å². The average molecular weight is 491 g/mol. The minimum absolute atomic E-state index is 0.141. The third kappa shape index (κ3) is 5.77. The van der Waals surface area contributed by atoms with Gasteiger partial charge in [-0.1, -0.05) is 54.6 Å². The van der Waals surface area contributed by atoms with Crippen molar-refractivity contribution in [1.82, 2.24) is 25.1 Å². The van der Waals surface area contributed by atoms with Crippen LogP contribution in [0.2, 0.25) is 0 Å². The van der Waals surface area contributed by atoms with Crippen LogP contribution in [0.1, 0.15) is 34.7 Å². The van der Waals surface area contributed by atoms with Crippen LogP contribution < -0.4 is 11.1 Å². The number of anilines is 1. The van der Waals surface area contributed by atoms with Gasteiger partial charge in [-0.15, -0.1) is 10.2 Å². The van der Waals surface area contributed by atoms with E-state index in [9.17, 15) is 4.79 Å². The average Bonchev–Trinajstić information content (AvgIpc) is 2.95. The molecule has 2 aromatic carbocycles. The number of aromatic nitrogens is 4. The Morgan fingerprint density at radius 2 is 1.78 bits per heavy atom. The first kappa shape index (κ1) is 24.0. The molecule has 1 aliphatic rings. The Morgan fingerprint density at radius 1 is 1.03 bits per heavy atom. The zero-order valence-corrected chi connectivity index (χ0v) is 20.2. The Morgan fingerprint density at radius 3 is 2.49 bits per heavy atom. The summed E-state index contributed by atoms with van der Waals surface area (Å²) in [5, 5.41) is 20.8. The quantitative estimate of drug-likeness (QED) is 0.401. The van der Waals surface area contributed by atoms with E-state index in [2.05, 4.69) is 42.5 Å². The summed E-state index contributed by atoms with van der Waals surface area (Å²) in [5.74, 6) is 0.272. The second kappa shape index (κ2) is 10.9. The number of carbonyl (C=O) groups is 1. The van der Waals surface area contributed by atoms with Crippen molar-refractivity contribution in [3.05, 3.63) is 90.0 Å². The van der Waals surface area contributed by atoms with Gasteiger partial charge in [0.15, 0.2) is 5.69 Å². The van der Waals surface area contributed by atoms with E-state index in [0.717, 1.165) is 49.2 Å². The van der Waals surface area contributed by atoms with Crippen LogP contribution in [0.15, 0.2) is 72.9 Å². The number of amides is 1. The number of nitrogens with zero attached hydrogens (tertiary/aromatic N) is 6. The zero-order valence-electron chi connectivity index (χ0n) is 20.2. The molecule has 5 rings (SSSR count). The Labute approximate surface area is 215 Å². The molecule has 1 aliphatic heterocycles. The third-order valence-electron chi connectivity index (χ3n) is 6.46. The van der Waals surface area contributed by atoms with Gasteiger partial charge in [0.1, 0.15) is 17.6 Å². The van der Waals surface area contributed by atoms with Crippen molar-refractivity contribution in [3.63, 3.8) is 0 Å². The molecule has 0 aliphatic carbocycles. The number of hydrogen-bond donors (Lipinski definition) is 2. The van der Waals surface area contributed by atoms with Gasteiger partial charge in [-0.05, 0) is 36.1 Å². The standard InChI is InChI=1S/C28H26N8O/c29-17-26-31-13-10-25(33-26)32-22-11-14-36(15-12-22)18-19-6-8-21(9-7-19)27-23(20-4-2-1-3-5-20)16-24(28(30)37)34-35-27/h1-10,13,16,22H,11-12,14-15,18H2,(H2,30,37)(H,31,32,33). The van der Waals surface area contributed by atoms with Crippen LogP contribution in [0.3, 0.4) is 0 Å². The van der Waals surface area contributed by atoms with E-state index >= 15 is 0 Å². The van der Waals surface area contributed by atoms with Gasteiger partial charge in [0.25, 0.3) is 5.91 Å². The second-order valence-corrected chi connectivity index (χ2v) is 8.99. The molecular weight excluding hydrogens is 464 g/mol. The summed E-state index contributed by atoms with van der Waals surface area (Å²) in [7, 11) is 0. The number of primary amides is 1. The Balaban J connectivity index is 1.24. The molecule has 0 atom stereocenters. The first-order valence-electron chi connectivity index (χ1n) is 12.1. The SMILES string of the molecule is N#Cc1nccc(NC2CCN(Cc3ccc(-c4nnc(C(N)=O)cc4-c4ccccc4)cc3)CC2)n1. The van der Waals surface area contributed by atoms with E-state index in [1.165, 1.54) is 5.56 Å². The van der Waals surface area contributed by atoms with Crippen molar-refractivity contribution in [3.8, 4) is 28.5 Å². The highest BCUT2D eigenvalue weighted by Crippen LogP contribution is 2.30. The lowest BCUT2D eigenvalue weighted by Gasteiger charge is -2.32. The van der Waals surface area contributed by atoms with Gasteiger partial charge >= 0.3 is 0 Å². The number of benzene rings is 2. The number of hydrogen-bond acceptors (Lipinski definition) is 8. The lowest BCUT2D eigenvalue weighted by molar-refractivity contribution is 0.0994. The molecule has 3 N–H and O–H groups in total. The van der Waals surface area contributed by atoms with E-state index in [4.69, 9.17) is 11.0 Å². The second-order valence-electron chi connectivity index (χ2n) is 8.99. The molecule has 4 aromatic rings. The molecule has 0 radical (unpaired) electrons. The maximum absolute atomic E-state index is 11.7. The number of likely N-dealkylation sites (tertiary alicyclic amines) is 1.